The lowest BCUT2D eigenvalue weighted by molar-refractivity contribution is 1.27. The Morgan fingerprint density at radius 3 is 2.14 bits per heavy atom. The van der Waals surface area contributed by atoms with Crippen molar-refractivity contribution in [3.8, 4) is 0 Å². The maximum absolute atomic E-state index is 2.38. The van der Waals surface area contributed by atoms with Gasteiger partial charge in [-0.3, -0.25) is 0 Å². The fourth-order valence-electron chi connectivity index (χ4n) is 2.85. The Balaban J connectivity index is 2.03. The summed E-state index contributed by atoms with van der Waals surface area (Å²) in [6.07, 6.45) is 4.40. The highest BCUT2D eigenvalue weighted by Crippen LogP contribution is 2.42. The van der Waals surface area contributed by atoms with E-state index in [2.05, 4.69) is 112 Å². The molecule has 1 heterocycles. The zero-order valence-corrected chi connectivity index (χ0v) is 14.1. The lowest BCUT2D eigenvalue weighted by Gasteiger charge is -2.27. The Morgan fingerprint density at radius 1 is 0.636 bits per heavy atom. The minimum Gasteiger partial charge on any atom is -0.309 e. The van der Waals surface area contributed by atoms with Crippen molar-refractivity contribution in [3.63, 3.8) is 0 Å². The predicted molar refractivity (Wildman–Crippen MR) is 103 cm³/mol. The van der Waals surface area contributed by atoms with Gasteiger partial charge < -0.3 is 4.90 Å². The van der Waals surface area contributed by atoms with Crippen LogP contribution in [0.5, 0.6) is 0 Å². The van der Waals surface area contributed by atoms with E-state index in [1.54, 1.807) is 0 Å². The van der Waals surface area contributed by atoms with Crippen LogP contribution in [0.25, 0.3) is 12.2 Å². The van der Waals surface area contributed by atoms with Crippen LogP contribution >= 0.6 is 22.6 Å². The van der Waals surface area contributed by atoms with E-state index >= 15 is 0 Å². The van der Waals surface area contributed by atoms with Crippen LogP contribution in [0.1, 0.15) is 11.1 Å². The highest BCUT2D eigenvalue weighted by Gasteiger charge is 2.19. The lowest BCUT2D eigenvalue weighted by Crippen LogP contribution is -2.11. The third kappa shape index (κ3) is 2.33. The van der Waals surface area contributed by atoms with Gasteiger partial charge in [-0.15, -0.1) is 0 Å². The molecule has 0 aromatic heterocycles. The van der Waals surface area contributed by atoms with Gasteiger partial charge in [0.1, 0.15) is 0 Å². The quantitative estimate of drug-likeness (QED) is 0.345. The normalized spacial score (nSPS) is 12.5. The van der Waals surface area contributed by atoms with Gasteiger partial charge in [0, 0.05) is 9.26 Å². The molecule has 0 bridgehead atoms. The molecule has 2 heteroatoms. The minimum absolute atomic E-state index is 1.18. The topological polar surface area (TPSA) is 3.24 Å². The van der Waals surface area contributed by atoms with Crippen molar-refractivity contribution in [2.24, 2.45) is 0 Å². The molecule has 0 radical (unpaired) electrons. The third-order valence-electron chi connectivity index (χ3n) is 3.87. The molecule has 0 spiro atoms. The number of hydrogen-bond acceptors (Lipinski definition) is 1. The molecule has 0 atom stereocenters. The molecule has 0 amide bonds. The van der Waals surface area contributed by atoms with Crippen LogP contribution in [0, 0.1) is 3.57 Å². The van der Waals surface area contributed by atoms with Crippen molar-refractivity contribution in [2.45, 2.75) is 0 Å². The molecular weight excluding hydrogens is 381 g/mol. The van der Waals surface area contributed by atoms with E-state index in [0.717, 1.165) is 0 Å². The Kier molecular flexibility index (Phi) is 3.47. The van der Waals surface area contributed by atoms with Crippen LogP contribution in [0.3, 0.4) is 0 Å². The smallest absolute Gasteiger partial charge is 0.0544 e. The van der Waals surface area contributed by atoms with Crippen LogP contribution < -0.4 is 4.90 Å². The summed E-state index contributed by atoms with van der Waals surface area (Å²) in [5.74, 6) is 0. The molecule has 0 N–H and O–H groups in total. The predicted octanol–water partition coefficient (Wildman–Crippen LogP) is 6.24. The first-order chi connectivity index (χ1) is 10.8. The number of benzene rings is 3. The van der Waals surface area contributed by atoms with E-state index in [9.17, 15) is 0 Å². The molecule has 4 rings (SSSR count). The molecular formula is C20H14IN. The highest BCUT2D eigenvalue weighted by atomic mass is 127. The van der Waals surface area contributed by atoms with Gasteiger partial charge in [0.05, 0.1) is 11.4 Å². The molecule has 1 aliphatic rings. The monoisotopic (exact) mass is 395 g/mol. The average Bonchev–Trinajstić information content (AvgIpc) is 2.72. The number of fused-ring (bicyclic) bond motifs is 2. The highest BCUT2D eigenvalue weighted by molar-refractivity contribution is 14.1. The fraction of sp³-hybridized carbons (Fsp3) is 0. The van der Waals surface area contributed by atoms with Gasteiger partial charge in [-0.25, -0.2) is 0 Å². The number of hydrogen-bond donors (Lipinski definition) is 0. The first-order valence-electron chi connectivity index (χ1n) is 7.25. The van der Waals surface area contributed by atoms with Crippen molar-refractivity contribution in [2.75, 3.05) is 4.90 Å². The molecule has 1 nitrogen and oxygen atoms in total. The average molecular weight is 395 g/mol. The number of rotatable bonds is 1. The number of halogens is 1. The summed E-state index contributed by atoms with van der Waals surface area (Å²) in [4.78, 5) is 2.34. The molecule has 22 heavy (non-hydrogen) atoms. The number of para-hydroxylation sites is 2. The Morgan fingerprint density at radius 2 is 1.32 bits per heavy atom. The van der Waals surface area contributed by atoms with Crippen molar-refractivity contribution >= 4 is 51.8 Å². The standard InChI is InChI=1S/C20H14IN/c21-17-13-12-16-11-10-15-6-4-5-9-19(15)22(20(16)14-17)18-7-2-1-3-8-18/h1-14H. The van der Waals surface area contributed by atoms with Crippen LogP contribution in [-0.4, -0.2) is 0 Å². The molecule has 106 valence electrons. The van der Waals surface area contributed by atoms with E-state index in [1.807, 2.05) is 0 Å². The van der Waals surface area contributed by atoms with E-state index in [1.165, 1.54) is 31.8 Å². The summed E-state index contributed by atoms with van der Waals surface area (Å²) in [5, 5.41) is 0. The van der Waals surface area contributed by atoms with Gasteiger partial charge in [0.25, 0.3) is 0 Å². The maximum Gasteiger partial charge on any atom is 0.0544 e. The SMILES string of the molecule is Ic1ccc2c(c1)N(c1ccccc1)c1ccccc1C=C2. The van der Waals surface area contributed by atoms with Crippen molar-refractivity contribution in [1.82, 2.24) is 0 Å². The summed E-state index contributed by atoms with van der Waals surface area (Å²) in [7, 11) is 0. The first-order valence-corrected chi connectivity index (χ1v) is 8.33. The molecule has 0 unspecified atom stereocenters. The second-order valence-corrected chi connectivity index (χ2v) is 6.51. The second-order valence-electron chi connectivity index (χ2n) is 5.27. The van der Waals surface area contributed by atoms with Crippen molar-refractivity contribution in [1.29, 1.82) is 0 Å². The summed E-state index contributed by atoms with van der Waals surface area (Å²) in [6, 6.07) is 25.7. The van der Waals surface area contributed by atoms with Crippen molar-refractivity contribution in [3.05, 3.63) is 87.5 Å². The molecule has 0 aliphatic carbocycles. The zero-order valence-electron chi connectivity index (χ0n) is 11.9. The second kappa shape index (κ2) is 5.61. The van der Waals surface area contributed by atoms with Crippen LogP contribution in [-0.2, 0) is 0 Å². The van der Waals surface area contributed by atoms with E-state index < -0.39 is 0 Å². The van der Waals surface area contributed by atoms with Gasteiger partial charge in [0.15, 0.2) is 0 Å². The summed E-state index contributed by atoms with van der Waals surface area (Å²) in [5.41, 5.74) is 6.09. The van der Waals surface area contributed by atoms with Crippen LogP contribution in [0.15, 0.2) is 72.8 Å². The summed E-state index contributed by atoms with van der Waals surface area (Å²) in [6.45, 7) is 0. The molecule has 3 aromatic rings. The van der Waals surface area contributed by atoms with Gasteiger partial charge in [-0.2, -0.15) is 0 Å². The summed E-state index contributed by atoms with van der Waals surface area (Å²) < 4.78 is 1.24. The van der Waals surface area contributed by atoms with Crippen LogP contribution in [0.4, 0.5) is 17.1 Å². The molecule has 0 fully saturated rings. The molecule has 0 saturated heterocycles. The van der Waals surface area contributed by atoms with E-state index in [4.69, 9.17) is 0 Å². The number of anilines is 3. The largest absolute Gasteiger partial charge is 0.309 e. The molecule has 0 saturated carbocycles. The van der Waals surface area contributed by atoms with Gasteiger partial charge in [-0.1, -0.05) is 54.6 Å². The van der Waals surface area contributed by atoms with E-state index in [0.29, 0.717) is 0 Å². The third-order valence-corrected chi connectivity index (χ3v) is 4.54. The lowest BCUT2D eigenvalue weighted by atomic mass is 10.1. The minimum atomic E-state index is 1.18. The molecule has 1 aliphatic heterocycles. The Labute approximate surface area is 144 Å². The fourth-order valence-corrected chi connectivity index (χ4v) is 3.32. The van der Waals surface area contributed by atoms with Gasteiger partial charge in [0.2, 0.25) is 0 Å². The van der Waals surface area contributed by atoms with Crippen molar-refractivity contribution < 1.29 is 0 Å². The Hall–Kier alpha value is -2.07. The Bertz CT molecular complexity index is 853. The van der Waals surface area contributed by atoms with E-state index in [-0.39, 0.29) is 0 Å². The maximum atomic E-state index is 2.38. The summed E-state index contributed by atoms with van der Waals surface area (Å²) >= 11 is 2.38. The number of nitrogens with zero attached hydrogens (tertiary/aromatic N) is 1. The zero-order chi connectivity index (χ0) is 14.9. The first kappa shape index (κ1) is 13.6. The molecule has 3 aromatic carbocycles. The van der Waals surface area contributed by atoms with Crippen LogP contribution in [0.2, 0.25) is 0 Å². The van der Waals surface area contributed by atoms with Gasteiger partial charge in [-0.05, 0) is 64.0 Å². The van der Waals surface area contributed by atoms with Gasteiger partial charge >= 0.3 is 0 Å².